The van der Waals surface area contributed by atoms with E-state index in [1.165, 1.54) is 29.9 Å². The van der Waals surface area contributed by atoms with Crippen LogP contribution in [0.15, 0.2) is 54.7 Å². The Morgan fingerprint density at radius 1 is 1.11 bits per heavy atom. The van der Waals surface area contributed by atoms with Crippen LogP contribution in [0.5, 0.6) is 17.5 Å². The number of imide groups is 1. The van der Waals surface area contributed by atoms with Crippen LogP contribution in [0.4, 0.5) is 18.0 Å². The van der Waals surface area contributed by atoms with E-state index < -0.39 is 24.1 Å². The van der Waals surface area contributed by atoms with Crippen molar-refractivity contribution in [1.29, 1.82) is 0 Å². The number of carbonyl (C=O) groups is 2. The van der Waals surface area contributed by atoms with Gasteiger partial charge in [-0.15, -0.1) is 13.2 Å². The maximum absolute atomic E-state index is 13.4. The lowest BCUT2D eigenvalue weighted by Crippen LogP contribution is -2.45. The summed E-state index contributed by atoms with van der Waals surface area (Å²) in [5, 5.41) is 11.3. The predicted octanol–water partition coefficient (Wildman–Crippen LogP) is 3.72. The fraction of sp³-hybridized carbons (Fsp3) is 0.320. The average molecular weight is 537 g/mol. The highest BCUT2D eigenvalue weighted by atomic mass is 19.4. The van der Waals surface area contributed by atoms with E-state index in [0.717, 1.165) is 28.2 Å². The molecular weight excluding hydrogens is 509 g/mol. The summed E-state index contributed by atoms with van der Waals surface area (Å²) in [6.45, 7) is 1.73. The first-order valence-corrected chi connectivity index (χ1v) is 11.5. The van der Waals surface area contributed by atoms with Gasteiger partial charge in [0.2, 0.25) is 0 Å². The Morgan fingerprint density at radius 3 is 2.47 bits per heavy atom. The number of ether oxygens (including phenoxy) is 3. The Morgan fingerprint density at radius 2 is 1.82 bits per heavy atom. The first kappa shape index (κ1) is 28.5. The van der Waals surface area contributed by atoms with Crippen LogP contribution >= 0.6 is 0 Å². The highest BCUT2D eigenvalue weighted by Crippen LogP contribution is 2.29. The number of nitrogens with zero attached hydrogens (tertiary/aromatic N) is 3. The van der Waals surface area contributed by atoms with Gasteiger partial charge in [0, 0.05) is 13.1 Å². The zero-order valence-electron chi connectivity index (χ0n) is 20.7. The van der Waals surface area contributed by atoms with E-state index in [9.17, 15) is 22.8 Å². The predicted molar refractivity (Wildman–Crippen MR) is 129 cm³/mol. The van der Waals surface area contributed by atoms with Crippen molar-refractivity contribution >= 4 is 11.9 Å². The first-order chi connectivity index (χ1) is 18.1. The van der Waals surface area contributed by atoms with Gasteiger partial charge in [-0.1, -0.05) is 35.9 Å². The lowest BCUT2D eigenvalue weighted by Gasteiger charge is -2.21. The van der Waals surface area contributed by atoms with Gasteiger partial charge in [-0.2, -0.15) is 0 Å². The van der Waals surface area contributed by atoms with Crippen LogP contribution in [-0.4, -0.2) is 71.3 Å². The molecule has 0 spiro atoms. The number of amides is 3. The second-order valence-electron chi connectivity index (χ2n) is 7.97. The van der Waals surface area contributed by atoms with E-state index in [-0.39, 0.29) is 50.4 Å². The van der Waals surface area contributed by atoms with Crippen molar-refractivity contribution in [2.75, 3.05) is 33.4 Å². The topological polar surface area (TPSA) is 115 Å². The first-order valence-electron chi connectivity index (χ1n) is 11.5. The molecule has 204 valence electrons. The number of urea groups is 1. The molecule has 0 unspecified atom stereocenters. The third-order valence-corrected chi connectivity index (χ3v) is 5.15. The molecular formula is C25H27F3N4O6. The maximum atomic E-state index is 13.4. The normalized spacial score (nSPS) is 11.2. The second kappa shape index (κ2) is 12.9. The number of imidazole rings is 1. The number of rotatable bonds is 11. The molecule has 3 rings (SSSR count). The van der Waals surface area contributed by atoms with Gasteiger partial charge in [0.1, 0.15) is 17.2 Å². The summed E-state index contributed by atoms with van der Waals surface area (Å²) >= 11 is 0. The summed E-state index contributed by atoms with van der Waals surface area (Å²) in [6.07, 6.45) is -3.67. The van der Waals surface area contributed by atoms with Crippen molar-refractivity contribution in [3.63, 3.8) is 0 Å². The monoisotopic (exact) mass is 536 g/mol. The quantitative estimate of drug-likeness (QED) is 0.359. The number of nitrogens with one attached hydrogen (secondary N) is 1. The minimum absolute atomic E-state index is 0.00553. The summed E-state index contributed by atoms with van der Waals surface area (Å²) in [5.41, 5.74) is 1.79. The van der Waals surface area contributed by atoms with Gasteiger partial charge in [0.25, 0.3) is 5.91 Å². The van der Waals surface area contributed by atoms with Crippen molar-refractivity contribution in [1.82, 2.24) is 19.8 Å². The summed E-state index contributed by atoms with van der Waals surface area (Å²) in [4.78, 5) is 31.0. The second-order valence-corrected chi connectivity index (χ2v) is 7.97. The molecule has 3 aromatic rings. The van der Waals surface area contributed by atoms with Crippen LogP contribution in [-0.2, 0) is 11.3 Å². The molecule has 2 aromatic carbocycles. The Bertz CT molecular complexity index is 1230. The molecule has 0 saturated heterocycles. The average Bonchev–Trinajstić information content (AvgIpc) is 3.25. The number of aryl methyl sites for hydroxylation is 1. The van der Waals surface area contributed by atoms with Crippen molar-refractivity contribution in [3.8, 4) is 17.5 Å². The van der Waals surface area contributed by atoms with Gasteiger partial charge in [0.15, 0.2) is 0 Å². The lowest BCUT2D eigenvalue weighted by atomic mass is 10.1. The molecule has 1 heterocycles. The van der Waals surface area contributed by atoms with Gasteiger partial charge in [-0.3, -0.25) is 14.3 Å². The molecule has 13 heteroatoms. The number of hydrogen-bond donors (Lipinski definition) is 2. The van der Waals surface area contributed by atoms with E-state index in [0.29, 0.717) is 0 Å². The third kappa shape index (κ3) is 7.95. The van der Waals surface area contributed by atoms with E-state index in [1.54, 1.807) is 0 Å². The molecule has 3 amide bonds. The molecule has 0 bridgehead atoms. The number of aromatic nitrogens is 2. The molecule has 1 aromatic heterocycles. The molecule has 0 saturated carbocycles. The minimum atomic E-state index is -4.88. The molecule has 2 N–H and O–H groups in total. The number of halogens is 3. The maximum Gasteiger partial charge on any atom is 0.573 e. The Kier molecular flexibility index (Phi) is 9.68. The van der Waals surface area contributed by atoms with Crippen molar-refractivity contribution in [2.24, 2.45) is 0 Å². The molecule has 0 radical (unpaired) electrons. The zero-order chi connectivity index (χ0) is 27.7. The lowest BCUT2D eigenvalue weighted by molar-refractivity contribution is -0.274. The summed E-state index contributed by atoms with van der Waals surface area (Å²) in [6, 6.07) is 11.5. The SMILES string of the molecule is CNC(=O)N(CCOCCO)C(=O)c1cnc(Oc2cccc(OC(F)(F)F)c2)n1Cc1ccc(C)cc1. The number of aliphatic hydroxyl groups excluding tert-OH is 1. The minimum Gasteiger partial charge on any atom is -0.425 e. The molecule has 10 nitrogen and oxygen atoms in total. The van der Waals surface area contributed by atoms with E-state index in [2.05, 4.69) is 15.0 Å². The van der Waals surface area contributed by atoms with Crippen molar-refractivity contribution in [3.05, 3.63) is 71.5 Å². The number of hydrogen-bond acceptors (Lipinski definition) is 7. The molecule has 0 aliphatic rings. The van der Waals surface area contributed by atoms with E-state index in [1.807, 2.05) is 31.2 Å². The van der Waals surface area contributed by atoms with Crippen LogP contribution in [0, 0.1) is 6.92 Å². The summed E-state index contributed by atoms with van der Waals surface area (Å²) in [5.74, 6) is -1.21. The molecule has 0 aliphatic carbocycles. The fourth-order valence-corrected chi connectivity index (χ4v) is 3.37. The Balaban J connectivity index is 1.95. The van der Waals surface area contributed by atoms with Crippen LogP contribution < -0.4 is 14.8 Å². The van der Waals surface area contributed by atoms with Crippen molar-refractivity contribution in [2.45, 2.75) is 19.8 Å². The van der Waals surface area contributed by atoms with E-state index >= 15 is 0 Å². The van der Waals surface area contributed by atoms with Crippen molar-refractivity contribution < 1.29 is 42.1 Å². The Hall–Kier alpha value is -4.10. The summed E-state index contributed by atoms with van der Waals surface area (Å²) < 4.78 is 54.3. The molecule has 0 fully saturated rings. The fourth-order valence-electron chi connectivity index (χ4n) is 3.37. The number of carbonyl (C=O) groups excluding carboxylic acids is 2. The molecule has 0 atom stereocenters. The van der Waals surface area contributed by atoms with Gasteiger partial charge in [-0.25, -0.2) is 9.78 Å². The van der Waals surface area contributed by atoms with Crippen LogP contribution in [0.1, 0.15) is 21.6 Å². The van der Waals surface area contributed by atoms with Gasteiger partial charge in [0.05, 0.1) is 39.1 Å². The van der Waals surface area contributed by atoms with Crippen LogP contribution in [0.3, 0.4) is 0 Å². The van der Waals surface area contributed by atoms with E-state index in [4.69, 9.17) is 14.6 Å². The molecule has 38 heavy (non-hydrogen) atoms. The van der Waals surface area contributed by atoms with Gasteiger partial charge < -0.3 is 24.6 Å². The Labute approximate surface area is 216 Å². The summed E-state index contributed by atoms with van der Waals surface area (Å²) in [7, 11) is 1.37. The highest BCUT2D eigenvalue weighted by Gasteiger charge is 2.31. The number of alkyl halides is 3. The standard InChI is InChI=1S/C25H27F3N4O6/c1-17-6-8-18(9-7-17)16-32-21(22(34)31(23(35)29-2)10-12-36-13-11-33)15-30-24(32)37-19-4-3-5-20(14-19)38-25(26,27)28/h3-9,14-15,33H,10-13,16H2,1-2H3,(H,29,35). The van der Waals surface area contributed by atoms with Gasteiger partial charge >= 0.3 is 18.4 Å². The van der Waals surface area contributed by atoms with Crippen LogP contribution in [0.25, 0.3) is 0 Å². The highest BCUT2D eigenvalue weighted by molar-refractivity contribution is 6.03. The largest absolute Gasteiger partial charge is 0.573 e. The van der Waals surface area contributed by atoms with Gasteiger partial charge in [-0.05, 0) is 24.6 Å². The number of aliphatic hydroxyl groups is 1. The van der Waals surface area contributed by atoms with Crippen LogP contribution in [0.2, 0.25) is 0 Å². The third-order valence-electron chi connectivity index (χ3n) is 5.15. The molecule has 0 aliphatic heterocycles. The number of benzene rings is 2. The zero-order valence-corrected chi connectivity index (χ0v) is 20.7. The smallest absolute Gasteiger partial charge is 0.425 e.